The Morgan fingerprint density at radius 1 is 1.03 bits per heavy atom. The molecular weight excluding hydrogens is 464 g/mol. The Bertz CT molecular complexity index is 1190. The summed E-state index contributed by atoms with van der Waals surface area (Å²) in [6.45, 7) is 3.26. The van der Waals surface area contributed by atoms with Crippen molar-refractivity contribution in [1.82, 2.24) is 20.2 Å². The Morgan fingerprint density at radius 2 is 1.69 bits per heavy atom. The molecule has 188 valence electrons. The summed E-state index contributed by atoms with van der Waals surface area (Å²) in [7, 11) is 1.32. The second-order valence-electron chi connectivity index (χ2n) is 10.4. The van der Waals surface area contributed by atoms with Gasteiger partial charge >= 0.3 is 6.03 Å². The molecule has 2 aromatic rings. The highest BCUT2D eigenvalue weighted by Crippen LogP contribution is 2.46. The Hall–Kier alpha value is -2.72. The fourth-order valence-electron chi connectivity index (χ4n) is 5.85. The third kappa shape index (κ3) is 4.38. The highest BCUT2D eigenvalue weighted by Gasteiger charge is 2.50. The van der Waals surface area contributed by atoms with E-state index < -0.39 is 9.84 Å². The number of amides is 2. The first-order valence-electron chi connectivity index (χ1n) is 12.2. The van der Waals surface area contributed by atoms with Gasteiger partial charge in [0.25, 0.3) is 0 Å². The topological polar surface area (TPSA) is 98.7 Å². The molecule has 0 radical (unpaired) electrons. The van der Waals surface area contributed by atoms with Crippen LogP contribution in [0.25, 0.3) is 0 Å². The van der Waals surface area contributed by atoms with Crippen molar-refractivity contribution in [1.29, 1.82) is 0 Å². The molecule has 1 aromatic carbocycles. The lowest BCUT2D eigenvalue weighted by Gasteiger charge is -2.48. The molecule has 3 fully saturated rings. The number of benzene rings is 1. The van der Waals surface area contributed by atoms with Gasteiger partial charge in [0.15, 0.2) is 9.84 Å². The number of nitrogens with zero attached hydrogens (tertiary/aromatic N) is 5. The number of aromatic nitrogens is 2. The molecule has 2 aliphatic heterocycles. The fourth-order valence-corrected chi connectivity index (χ4v) is 7.05. The van der Waals surface area contributed by atoms with Crippen LogP contribution >= 0.6 is 0 Å². The van der Waals surface area contributed by atoms with Crippen LogP contribution in [0.1, 0.15) is 36.9 Å². The number of hydrogen-bond donors (Lipinski definition) is 1. The van der Waals surface area contributed by atoms with Gasteiger partial charge in [0.2, 0.25) is 5.95 Å². The highest BCUT2D eigenvalue weighted by atomic mass is 32.2. The minimum absolute atomic E-state index is 0.0345. The highest BCUT2D eigenvalue weighted by molar-refractivity contribution is 7.91. The minimum atomic E-state index is -2.97. The Morgan fingerprint density at radius 3 is 2.29 bits per heavy atom. The zero-order valence-corrected chi connectivity index (χ0v) is 21.5. The molecule has 0 atom stereocenters. The van der Waals surface area contributed by atoms with E-state index in [1.807, 2.05) is 11.8 Å². The number of carbonyl (C=O) groups excluding carboxylic acids is 1. The van der Waals surface area contributed by atoms with Crippen molar-refractivity contribution in [3.05, 3.63) is 47.8 Å². The molecule has 1 saturated carbocycles. The molecule has 1 N–H and O–H groups in total. The van der Waals surface area contributed by atoms with Crippen LogP contribution in [0.5, 0.6) is 0 Å². The van der Waals surface area contributed by atoms with Crippen molar-refractivity contribution in [3.8, 4) is 0 Å². The van der Waals surface area contributed by atoms with Crippen LogP contribution in [0.3, 0.4) is 0 Å². The molecule has 10 heteroatoms. The molecule has 9 nitrogen and oxygen atoms in total. The Labute approximate surface area is 207 Å². The summed E-state index contributed by atoms with van der Waals surface area (Å²) in [5.74, 6) is 0.754. The molecule has 2 saturated heterocycles. The summed E-state index contributed by atoms with van der Waals surface area (Å²) in [5.41, 5.74) is 2.45. The predicted molar refractivity (Wildman–Crippen MR) is 137 cm³/mol. The van der Waals surface area contributed by atoms with E-state index in [1.54, 1.807) is 11.1 Å². The van der Waals surface area contributed by atoms with Crippen LogP contribution in [0.2, 0.25) is 0 Å². The average molecular weight is 499 g/mol. The monoisotopic (exact) mass is 498 g/mol. The van der Waals surface area contributed by atoms with Gasteiger partial charge in [-0.25, -0.2) is 23.2 Å². The van der Waals surface area contributed by atoms with Crippen LogP contribution in [0.15, 0.2) is 36.5 Å². The molecule has 0 bridgehead atoms. The maximum Gasteiger partial charge on any atom is 0.322 e. The van der Waals surface area contributed by atoms with E-state index in [2.05, 4.69) is 64.6 Å². The van der Waals surface area contributed by atoms with Crippen LogP contribution in [0, 0.1) is 6.92 Å². The number of urea groups is 1. The molecule has 1 spiro atoms. The van der Waals surface area contributed by atoms with Crippen molar-refractivity contribution in [2.45, 2.75) is 43.7 Å². The van der Waals surface area contributed by atoms with Crippen molar-refractivity contribution in [2.24, 2.45) is 0 Å². The molecule has 2 amide bonds. The maximum atomic E-state index is 13.1. The van der Waals surface area contributed by atoms with Crippen LogP contribution in [-0.4, -0.2) is 80.1 Å². The SMILES string of the molecule is Cc1nc(N2CCS(=O)(=O)CC2)ncc1N1CC2(CCC(c3ccccc3)(N(C)C)CC2)NC1=O. The van der Waals surface area contributed by atoms with Gasteiger partial charge in [0.05, 0.1) is 41.2 Å². The van der Waals surface area contributed by atoms with Gasteiger partial charge in [-0.1, -0.05) is 30.3 Å². The molecule has 3 aliphatic rings. The first-order valence-corrected chi connectivity index (χ1v) is 14.1. The van der Waals surface area contributed by atoms with Crippen molar-refractivity contribution in [3.63, 3.8) is 0 Å². The van der Waals surface area contributed by atoms with Gasteiger partial charge < -0.3 is 10.2 Å². The molecule has 3 heterocycles. The molecule has 0 unspecified atom stereocenters. The predicted octanol–water partition coefficient (Wildman–Crippen LogP) is 2.32. The molecule has 1 aromatic heterocycles. The van der Waals surface area contributed by atoms with E-state index in [1.165, 1.54) is 5.56 Å². The van der Waals surface area contributed by atoms with Crippen LogP contribution < -0.4 is 15.1 Å². The van der Waals surface area contributed by atoms with E-state index in [9.17, 15) is 13.2 Å². The third-order valence-electron chi connectivity index (χ3n) is 8.14. The Kier molecular flexibility index (Phi) is 5.99. The van der Waals surface area contributed by atoms with Gasteiger partial charge in [-0.05, 0) is 52.3 Å². The van der Waals surface area contributed by atoms with Crippen molar-refractivity contribution in [2.75, 3.05) is 55.0 Å². The van der Waals surface area contributed by atoms with E-state index >= 15 is 0 Å². The lowest BCUT2D eigenvalue weighted by Crippen LogP contribution is -2.54. The first-order chi connectivity index (χ1) is 16.6. The number of nitrogens with one attached hydrogen (secondary N) is 1. The first kappa shape index (κ1) is 24.0. The lowest BCUT2D eigenvalue weighted by molar-refractivity contribution is 0.0658. The van der Waals surface area contributed by atoms with E-state index in [0.717, 1.165) is 31.4 Å². The quantitative estimate of drug-likeness (QED) is 0.691. The van der Waals surface area contributed by atoms with Crippen molar-refractivity contribution >= 4 is 27.5 Å². The van der Waals surface area contributed by atoms with Gasteiger partial charge in [0, 0.05) is 18.6 Å². The standard InChI is InChI=1S/C25H34N6O3S/c1-19-21(17-26-22(27-19)30-13-15-35(33,34)16-14-30)31-18-24(28-23(31)32)9-11-25(12-10-24,29(2)3)20-7-5-4-6-8-20/h4-8,17H,9-16,18H2,1-3H3,(H,28,32). The summed E-state index contributed by atoms with van der Waals surface area (Å²) in [6.07, 6.45) is 5.41. The summed E-state index contributed by atoms with van der Waals surface area (Å²) in [4.78, 5) is 28.2. The number of rotatable bonds is 4. The van der Waals surface area contributed by atoms with E-state index in [4.69, 9.17) is 0 Å². The van der Waals surface area contributed by atoms with Gasteiger partial charge in [0.1, 0.15) is 0 Å². The number of hydrogen-bond acceptors (Lipinski definition) is 7. The summed E-state index contributed by atoms with van der Waals surface area (Å²) < 4.78 is 23.5. The number of sulfone groups is 1. The molecule has 35 heavy (non-hydrogen) atoms. The fraction of sp³-hybridized carbons (Fsp3) is 0.560. The largest absolute Gasteiger partial charge is 0.339 e. The number of anilines is 2. The van der Waals surface area contributed by atoms with Gasteiger partial charge in [-0.3, -0.25) is 9.80 Å². The van der Waals surface area contributed by atoms with Gasteiger partial charge in [-0.2, -0.15) is 0 Å². The zero-order valence-electron chi connectivity index (χ0n) is 20.7. The zero-order chi connectivity index (χ0) is 24.8. The minimum Gasteiger partial charge on any atom is -0.339 e. The third-order valence-corrected chi connectivity index (χ3v) is 9.75. The molecule has 1 aliphatic carbocycles. The lowest BCUT2D eigenvalue weighted by atomic mass is 9.69. The summed E-state index contributed by atoms with van der Waals surface area (Å²) in [6, 6.07) is 10.5. The van der Waals surface area contributed by atoms with Crippen LogP contribution in [-0.2, 0) is 15.4 Å². The normalized spacial score (nSPS) is 28.5. The second kappa shape index (κ2) is 8.74. The average Bonchev–Trinajstić information content (AvgIpc) is 3.15. The van der Waals surface area contributed by atoms with Gasteiger partial charge in [-0.15, -0.1) is 0 Å². The summed E-state index contributed by atoms with van der Waals surface area (Å²) in [5, 5.41) is 3.30. The Balaban J connectivity index is 1.31. The molecule has 5 rings (SSSR count). The van der Waals surface area contributed by atoms with Crippen LogP contribution in [0.4, 0.5) is 16.4 Å². The van der Waals surface area contributed by atoms with E-state index in [-0.39, 0.29) is 28.6 Å². The summed E-state index contributed by atoms with van der Waals surface area (Å²) >= 11 is 0. The number of aryl methyl sites for hydroxylation is 1. The van der Waals surface area contributed by atoms with E-state index in [0.29, 0.717) is 31.3 Å². The smallest absolute Gasteiger partial charge is 0.322 e. The second-order valence-corrected chi connectivity index (χ2v) is 12.7. The van der Waals surface area contributed by atoms with Crippen molar-refractivity contribution < 1.29 is 13.2 Å². The molecular formula is C25H34N6O3S. The number of carbonyl (C=O) groups is 1. The maximum absolute atomic E-state index is 13.1.